The van der Waals surface area contributed by atoms with E-state index in [2.05, 4.69) is 71.2 Å². The Bertz CT molecular complexity index is 1220. The van der Waals surface area contributed by atoms with Crippen molar-refractivity contribution in [3.8, 4) is 5.75 Å². The predicted octanol–water partition coefficient (Wildman–Crippen LogP) is 5.05. The molecule has 0 aliphatic heterocycles. The Labute approximate surface area is 214 Å². The van der Waals surface area contributed by atoms with Gasteiger partial charge in [-0.15, -0.1) is 0 Å². The van der Waals surface area contributed by atoms with Gasteiger partial charge in [0.25, 0.3) is 5.56 Å². The number of nitrogens with zero attached hydrogens (tertiary/aromatic N) is 3. The zero-order valence-electron chi connectivity index (χ0n) is 16.6. The quantitative estimate of drug-likeness (QED) is 0.274. The van der Waals surface area contributed by atoms with E-state index < -0.39 is 12.1 Å². The molecule has 0 unspecified atom stereocenters. The van der Waals surface area contributed by atoms with Crippen LogP contribution in [0.4, 0.5) is 0 Å². The van der Waals surface area contributed by atoms with Crippen LogP contribution in [0, 0.1) is 7.14 Å². The van der Waals surface area contributed by atoms with E-state index in [1.807, 2.05) is 31.2 Å². The summed E-state index contributed by atoms with van der Waals surface area (Å²) in [6.45, 7) is 3.50. The number of carbonyl (C=O) groups is 1. The SMILES string of the molecule is CCCc1nc2ccc(Br)cc2c(=O)n1N=Cc1cc(I)c(O[C@H](C)C(=O)O)c(I)c1. The lowest BCUT2D eigenvalue weighted by Gasteiger charge is -2.14. The van der Waals surface area contributed by atoms with Gasteiger partial charge in [0.15, 0.2) is 6.10 Å². The van der Waals surface area contributed by atoms with Gasteiger partial charge in [0.2, 0.25) is 0 Å². The molecular weight excluding hydrogens is 692 g/mol. The lowest BCUT2D eigenvalue weighted by Crippen LogP contribution is -2.23. The van der Waals surface area contributed by atoms with Crippen molar-refractivity contribution in [2.24, 2.45) is 5.10 Å². The molecule has 10 heteroatoms. The topological polar surface area (TPSA) is 93.8 Å². The summed E-state index contributed by atoms with van der Waals surface area (Å²) in [6.07, 6.45) is 2.08. The first-order chi connectivity index (χ1) is 14.7. The molecule has 0 fully saturated rings. The highest BCUT2D eigenvalue weighted by molar-refractivity contribution is 14.1. The van der Waals surface area contributed by atoms with Crippen LogP contribution in [0.15, 0.2) is 44.7 Å². The van der Waals surface area contributed by atoms with Gasteiger partial charge in [-0.25, -0.2) is 9.78 Å². The summed E-state index contributed by atoms with van der Waals surface area (Å²) in [5.41, 5.74) is 1.17. The summed E-state index contributed by atoms with van der Waals surface area (Å²) >= 11 is 7.59. The van der Waals surface area contributed by atoms with Crippen LogP contribution in [-0.4, -0.2) is 33.1 Å². The zero-order valence-corrected chi connectivity index (χ0v) is 22.5. The molecule has 1 N–H and O–H groups in total. The van der Waals surface area contributed by atoms with E-state index in [4.69, 9.17) is 9.84 Å². The van der Waals surface area contributed by atoms with Crippen LogP contribution in [-0.2, 0) is 11.2 Å². The minimum absolute atomic E-state index is 0.231. The molecule has 7 nitrogen and oxygen atoms in total. The minimum Gasteiger partial charge on any atom is -0.479 e. The molecule has 0 aliphatic carbocycles. The van der Waals surface area contributed by atoms with Gasteiger partial charge < -0.3 is 9.84 Å². The van der Waals surface area contributed by atoms with Gasteiger partial charge >= 0.3 is 5.97 Å². The number of aliphatic carboxylic acids is 1. The monoisotopic (exact) mass is 709 g/mol. The average Bonchev–Trinajstić information content (AvgIpc) is 2.71. The summed E-state index contributed by atoms with van der Waals surface area (Å²) in [7, 11) is 0. The van der Waals surface area contributed by atoms with Crippen molar-refractivity contribution >= 4 is 84.2 Å². The second kappa shape index (κ2) is 10.4. The lowest BCUT2D eigenvalue weighted by molar-refractivity contribution is -0.144. The molecule has 31 heavy (non-hydrogen) atoms. The molecule has 0 spiro atoms. The molecule has 0 saturated heterocycles. The normalized spacial score (nSPS) is 12.4. The van der Waals surface area contributed by atoms with Crippen LogP contribution in [0.25, 0.3) is 10.9 Å². The van der Waals surface area contributed by atoms with Gasteiger partial charge in [-0.05, 0) is 94.4 Å². The first-order valence-electron chi connectivity index (χ1n) is 9.35. The van der Waals surface area contributed by atoms with Crippen molar-refractivity contribution in [3.05, 3.63) is 63.7 Å². The summed E-state index contributed by atoms with van der Waals surface area (Å²) in [5, 5.41) is 14.0. The highest BCUT2D eigenvalue weighted by atomic mass is 127. The summed E-state index contributed by atoms with van der Waals surface area (Å²) in [6, 6.07) is 9.07. The summed E-state index contributed by atoms with van der Waals surface area (Å²) < 4.78 is 9.20. The number of benzene rings is 2. The Morgan fingerprint density at radius 2 is 2.00 bits per heavy atom. The maximum Gasteiger partial charge on any atom is 0.344 e. The molecule has 0 radical (unpaired) electrons. The molecule has 0 amide bonds. The number of rotatable bonds is 7. The molecule has 162 valence electrons. The molecular formula is C21H18BrI2N3O4. The smallest absolute Gasteiger partial charge is 0.344 e. The maximum atomic E-state index is 13.1. The second-order valence-electron chi connectivity index (χ2n) is 6.71. The van der Waals surface area contributed by atoms with Crippen molar-refractivity contribution in [1.82, 2.24) is 9.66 Å². The standard InChI is InChI=1S/C21H18BrI2N3O4/c1-3-4-18-26-17-6-5-13(22)9-14(17)20(28)27(18)25-10-12-7-15(23)19(16(24)8-12)31-11(2)21(29)30/h5-11H,3-4H2,1-2H3,(H,29,30)/t11-/m1/s1. The number of carboxylic acid groups (broad SMARTS) is 1. The molecule has 3 aromatic rings. The van der Waals surface area contributed by atoms with Crippen LogP contribution in [0.1, 0.15) is 31.7 Å². The molecule has 0 saturated carbocycles. The third-order valence-electron chi connectivity index (χ3n) is 4.33. The molecule has 0 aliphatic rings. The highest BCUT2D eigenvalue weighted by Crippen LogP contribution is 2.29. The van der Waals surface area contributed by atoms with Gasteiger partial charge in [0.1, 0.15) is 11.6 Å². The van der Waals surface area contributed by atoms with Gasteiger partial charge in [-0.1, -0.05) is 22.9 Å². The van der Waals surface area contributed by atoms with Crippen LogP contribution < -0.4 is 10.3 Å². The Kier molecular flexibility index (Phi) is 8.08. The molecule has 1 heterocycles. The zero-order chi connectivity index (χ0) is 22.7. The largest absolute Gasteiger partial charge is 0.479 e. The third-order valence-corrected chi connectivity index (χ3v) is 6.43. The number of aryl methyl sites for hydroxylation is 1. The molecule has 2 aromatic carbocycles. The average molecular weight is 710 g/mol. The van der Waals surface area contributed by atoms with Crippen molar-refractivity contribution in [1.29, 1.82) is 0 Å². The number of aromatic nitrogens is 2. The van der Waals surface area contributed by atoms with Crippen LogP contribution in [0.3, 0.4) is 0 Å². The number of hydrogen-bond donors (Lipinski definition) is 1. The lowest BCUT2D eigenvalue weighted by atomic mass is 10.2. The van der Waals surface area contributed by atoms with Gasteiger partial charge in [0.05, 0.1) is 24.3 Å². The van der Waals surface area contributed by atoms with E-state index in [1.54, 1.807) is 12.3 Å². The maximum absolute atomic E-state index is 13.1. The van der Waals surface area contributed by atoms with E-state index in [9.17, 15) is 9.59 Å². The highest BCUT2D eigenvalue weighted by Gasteiger charge is 2.17. The van der Waals surface area contributed by atoms with Crippen molar-refractivity contribution in [2.75, 3.05) is 0 Å². The molecule has 3 rings (SSSR count). The second-order valence-corrected chi connectivity index (χ2v) is 9.95. The first-order valence-corrected chi connectivity index (χ1v) is 12.3. The van der Waals surface area contributed by atoms with Crippen molar-refractivity contribution in [2.45, 2.75) is 32.8 Å². The first kappa shape index (κ1) is 24.1. The third kappa shape index (κ3) is 5.64. The number of hydrogen-bond acceptors (Lipinski definition) is 5. The van der Waals surface area contributed by atoms with E-state index in [-0.39, 0.29) is 5.56 Å². The molecule has 0 bridgehead atoms. The Hall–Kier alpha value is -1.54. The van der Waals surface area contributed by atoms with E-state index >= 15 is 0 Å². The molecule has 1 aromatic heterocycles. The summed E-state index contributed by atoms with van der Waals surface area (Å²) in [5.74, 6) is 0.0722. The number of halogens is 3. The van der Waals surface area contributed by atoms with Crippen LogP contribution in [0.5, 0.6) is 5.75 Å². The van der Waals surface area contributed by atoms with Crippen LogP contribution in [0.2, 0.25) is 0 Å². The van der Waals surface area contributed by atoms with Crippen molar-refractivity contribution < 1.29 is 14.6 Å². The predicted molar refractivity (Wildman–Crippen MR) is 140 cm³/mol. The van der Waals surface area contributed by atoms with Crippen molar-refractivity contribution in [3.63, 3.8) is 0 Å². The van der Waals surface area contributed by atoms with Gasteiger partial charge in [0, 0.05) is 10.9 Å². The summed E-state index contributed by atoms with van der Waals surface area (Å²) in [4.78, 5) is 28.8. The minimum atomic E-state index is -1.03. The van der Waals surface area contributed by atoms with E-state index in [1.165, 1.54) is 11.6 Å². The Morgan fingerprint density at radius 3 is 2.61 bits per heavy atom. The fourth-order valence-corrected chi connectivity index (χ4v) is 5.25. The fraction of sp³-hybridized carbons (Fsp3) is 0.238. The van der Waals surface area contributed by atoms with Gasteiger partial charge in [-0.3, -0.25) is 4.79 Å². The molecule has 1 atom stereocenters. The number of ether oxygens (including phenoxy) is 1. The Morgan fingerprint density at radius 1 is 1.32 bits per heavy atom. The Balaban J connectivity index is 2.03. The van der Waals surface area contributed by atoms with Crippen LogP contribution >= 0.6 is 61.1 Å². The van der Waals surface area contributed by atoms with E-state index in [0.717, 1.165) is 23.6 Å². The number of carboxylic acids is 1. The fourth-order valence-electron chi connectivity index (χ4n) is 2.82. The van der Waals surface area contributed by atoms with E-state index in [0.29, 0.717) is 28.9 Å². The van der Waals surface area contributed by atoms with Gasteiger partial charge in [-0.2, -0.15) is 9.78 Å². The number of fused-ring (bicyclic) bond motifs is 1.